The number of para-hydroxylation sites is 1. The Morgan fingerprint density at radius 1 is 1.16 bits per heavy atom. The zero-order valence-corrected chi connectivity index (χ0v) is 13.3. The van der Waals surface area contributed by atoms with Crippen molar-refractivity contribution in [1.82, 2.24) is 10.1 Å². The van der Waals surface area contributed by atoms with Gasteiger partial charge in [-0.1, -0.05) is 29.4 Å². The van der Waals surface area contributed by atoms with Crippen LogP contribution in [-0.4, -0.2) is 29.5 Å². The van der Waals surface area contributed by atoms with Crippen molar-refractivity contribution in [3.63, 3.8) is 0 Å². The monoisotopic (exact) mass is 338 g/mol. The van der Waals surface area contributed by atoms with E-state index in [2.05, 4.69) is 10.1 Å². The smallest absolute Gasteiger partial charge is 0.338 e. The Balaban J connectivity index is 1.67. The zero-order valence-electron chi connectivity index (χ0n) is 13.3. The van der Waals surface area contributed by atoms with E-state index in [1.54, 1.807) is 19.2 Å². The van der Waals surface area contributed by atoms with Gasteiger partial charge in [-0.25, -0.2) is 4.79 Å². The van der Waals surface area contributed by atoms with Crippen LogP contribution in [-0.2, 0) is 11.3 Å². The molecule has 1 heterocycles. The summed E-state index contributed by atoms with van der Waals surface area (Å²) < 4.78 is 15.5. The first-order valence-corrected chi connectivity index (χ1v) is 7.39. The molecule has 0 aliphatic rings. The SMILES string of the molecule is COc1ccccc1-c1noc(COC(=O)c2ccc(C=O)cc2)n1. The molecule has 0 aliphatic heterocycles. The number of carbonyl (C=O) groups is 2. The van der Waals surface area contributed by atoms with E-state index in [1.165, 1.54) is 24.3 Å². The van der Waals surface area contributed by atoms with Gasteiger partial charge < -0.3 is 14.0 Å². The quantitative estimate of drug-likeness (QED) is 0.504. The van der Waals surface area contributed by atoms with Crippen molar-refractivity contribution in [1.29, 1.82) is 0 Å². The average Bonchev–Trinajstić information content (AvgIpc) is 3.15. The van der Waals surface area contributed by atoms with E-state index in [1.807, 2.05) is 12.1 Å². The van der Waals surface area contributed by atoms with Gasteiger partial charge in [-0.15, -0.1) is 0 Å². The molecule has 0 spiro atoms. The molecule has 126 valence electrons. The van der Waals surface area contributed by atoms with Crippen molar-refractivity contribution in [2.45, 2.75) is 6.61 Å². The van der Waals surface area contributed by atoms with Crippen LogP contribution in [0.5, 0.6) is 5.75 Å². The van der Waals surface area contributed by atoms with Crippen molar-refractivity contribution in [3.8, 4) is 17.1 Å². The predicted octanol–water partition coefficient (Wildman–Crippen LogP) is 2.91. The van der Waals surface area contributed by atoms with Crippen LogP contribution >= 0.6 is 0 Å². The summed E-state index contributed by atoms with van der Waals surface area (Å²) in [7, 11) is 1.55. The normalized spacial score (nSPS) is 10.3. The van der Waals surface area contributed by atoms with Crippen molar-refractivity contribution < 1.29 is 23.6 Å². The number of aromatic nitrogens is 2. The van der Waals surface area contributed by atoms with Gasteiger partial charge in [0.2, 0.25) is 5.82 Å². The topological polar surface area (TPSA) is 91.5 Å². The molecule has 3 rings (SSSR count). The minimum atomic E-state index is -0.547. The number of hydrogen-bond donors (Lipinski definition) is 0. The molecule has 0 fully saturated rings. The Bertz CT molecular complexity index is 886. The molecule has 1 aromatic heterocycles. The first-order valence-electron chi connectivity index (χ1n) is 7.39. The molecule has 25 heavy (non-hydrogen) atoms. The fourth-order valence-electron chi connectivity index (χ4n) is 2.16. The van der Waals surface area contributed by atoms with E-state index in [0.717, 1.165) is 0 Å². The lowest BCUT2D eigenvalue weighted by Gasteiger charge is -2.03. The van der Waals surface area contributed by atoms with Crippen LogP contribution in [0.1, 0.15) is 26.6 Å². The van der Waals surface area contributed by atoms with Gasteiger partial charge in [0.1, 0.15) is 12.0 Å². The van der Waals surface area contributed by atoms with E-state index in [9.17, 15) is 9.59 Å². The maximum Gasteiger partial charge on any atom is 0.338 e. The Labute approximate surface area is 143 Å². The molecule has 0 N–H and O–H groups in total. The Morgan fingerprint density at radius 2 is 1.92 bits per heavy atom. The number of esters is 1. The molecule has 0 bridgehead atoms. The maximum atomic E-state index is 12.0. The van der Waals surface area contributed by atoms with Gasteiger partial charge in [0.05, 0.1) is 18.2 Å². The first kappa shape index (κ1) is 16.4. The van der Waals surface area contributed by atoms with Crippen LogP contribution in [0.25, 0.3) is 11.4 Å². The van der Waals surface area contributed by atoms with Crippen LogP contribution in [0.4, 0.5) is 0 Å². The van der Waals surface area contributed by atoms with Gasteiger partial charge >= 0.3 is 5.97 Å². The van der Waals surface area contributed by atoms with Crippen molar-refractivity contribution in [2.24, 2.45) is 0 Å². The molecule has 0 amide bonds. The molecule has 3 aromatic rings. The highest BCUT2D eigenvalue weighted by Gasteiger charge is 2.15. The third-order valence-electron chi connectivity index (χ3n) is 3.43. The van der Waals surface area contributed by atoms with Crippen LogP contribution in [0.15, 0.2) is 53.1 Å². The van der Waals surface area contributed by atoms with E-state index >= 15 is 0 Å². The van der Waals surface area contributed by atoms with Gasteiger partial charge in [0, 0.05) is 5.56 Å². The number of rotatable bonds is 6. The standard InChI is InChI=1S/C18H14N2O5/c1-23-15-5-3-2-4-14(15)17-19-16(25-20-17)11-24-18(22)13-8-6-12(10-21)7-9-13/h2-10H,11H2,1H3. The minimum absolute atomic E-state index is 0.156. The van der Waals surface area contributed by atoms with E-state index in [4.69, 9.17) is 14.0 Å². The molecular weight excluding hydrogens is 324 g/mol. The molecule has 0 radical (unpaired) electrons. The van der Waals surface area contributed by atoms with E-state index in [0.29, 0.717) is 34.6 Å². The van der Waals surface area contributed by atoms with E-state index < -0.39 is 5.97 Å². The molecule has 0 atom stereocenters. The van der Waals surface area contributed by atoms with Crippen molar-refractivity contribution in [3.05, 3.63) is 65.5 Å². The fraction of sp³-hybridized carbons (Fsp3) is 0.111. The summed E-state index contributed by atoms with van der Waals surface area (Å²) in [5, 5.41) is 3.87. The van der Waals surface area contributed by atoms with Crippen LogP contribution in [0, 0.1) is 0 Å². The summed E-state index contributed by atoms with van der Waals surface area (Å²) in [6, 6.07) is 13.4. The van der Waals surface area contributed by atoms with Gasteiger partial charge in [-0.05, 0) is 24.3 Å². The highest BCUT2D eigenvalue weighted by molar-refractivity contribution is 5.90. The molecule has 0 saturated carbocycles. The zero-order chi connectivity index (χ0) is 17.6. The Hall–Kier alpha value is -3.48. The number of hydrogen-bond acceptors (Lipinski definition) is 7. The van der Waals surface area contributed by atoms with Gasteiger partial charge in [0.25, 0.3) is 5.89 Å². The lowest BCUT2D eigenvalue weighted by molar-refractivity contribution is 0.0429. The summed E-state index contributed by atoms with van der Waals surface area (Å²) >= 11 is 0. The molecule has 0 unspecified atom stereocenters. The summed E-state index contributed by atoms with van der Waals surface area (Å²) in [4.78, 5) is 26.8. The summed E-state index contributed by atoms with van der Waals surface area (Å²) in [5.74, 6) is 0.578. The summed E-state index contributed by atoms with van der Waals surface area (Å²) in [6.07, 6.45) is 0.701. The first-order chi connectivity index (χ1) is 12.2. The van der Waals surface area contributed by atoms with Gasteiger partial charge in [-0.3, -0.25) is 4.79 Å². The molecule has 2 aromatic carbocycles. The predicted molar refractivity (Wildman–Crippen MR) is 87.2 cm³/mol. The lowest BCUT2D eigenvalue weighted by atomic mass is 10.1. The largest absolute Gasteiger partial charge is 0.496 e. The molecular formula is C18H14N2O5. The number of ether oxygens (including phenoxy) is 2. The highest BCUT2D eigenvalue weighted by atomic mass is 16.6. The second-order valence-corrected chi connectivity index (χ2v) is 5.03. The van der Waals surface area contributed by atoms with Gasteiger partial charge in [-0.2, -0.15) is 4.98 Å². The minimum Gasteiger partial charge on any atom is -0.496 e. The van der Waals surface area contributed by atoms with Crippen LogP contribution in [0.2, 0.25) is 0 Å². The summed E-state index contributed by atoms with van der Waals surface area (Å²) in [5.41, 5.74) is 1.49. The van der Waals surface area contributed by atoms with Crippen molar-refractivity contribution >= 4 is 12.3 Å². The highest BCUT2D eigenvalue weighted by Crippen LogP contribution is 2.27. The van der Waals surface area contributed by atoms with Crippen LogP contribution < -0.4 is 4.74 Å². The lowest BCUT2D eigenvalue weighted by Crippen LogP contribution is -2.05. The molecule has 7 nitrogen and oxygen atoms in total. The third-order valence-corrected chi connectivity index (χ3v) is 3.43. The van der Waals surface area contributed by atoms with Crippen LogP contribution in [0.3, 0.4) is 0 Å². The molecule has 0 saturated heterocycles. The summed E-state index contributed by atoms with van der Waals surface area (Å²) in [6.45, 7) is -0.156. The molecule has 7 heteroatoms. The number of aldehydes is 1. The van der Waals surface area contributed by atoms with Gasteiger partial charge in [0.15, 0.2) is 6.61 Å². The maximum absolute atomic E-state index is 12.0. The molecule has 0 aliphatic carbocycles. The second-order valence-electron chi connectivity index (χ2n) is 5.03. The Morgan fingerprint density at radius 3 is 2.64 bits per heavy atom. The number of carbonyl (C=O) groups excluding carboxylic acids is 2. The Kier molecular flexibility index (Phi) is 4.84. The third kappa shape index (κ3) is 3.72. The fourth-order valence-corrected chi connectivity index (χ4v) is 2.16. The van der Waals surface area contributed by atoms with Crippen molar-refractivity contribution in [2.75, 3.05) is 7.11 Å². The average molecular weight is 338 g/mol. The second kappa shape index (κ2) is 7.39. The number of methoxy groups -OCH3 is 1. The number of nitrogens with zero attached hydrogens (tertiary/aromatic N) is 2. The van der Waals surface area contributed by atoms with E-state index in [-0.39, 0.29) is 12.5 Å². The number of benzene rings is 2.